The summed E-state index contributed by atoms with van der Waals surface area (Å²) in [6.07, 6.45) is 3.69. The molecule has 0 atom stereocenters. The number of hydrogen-bond acceptors (Lipinski definition) is 2. The Kier molecular flexibility index (Phi) is 3.61. The Balaban J connectivity index is 2.79. The highest BCUT2D eigenvalue weighted by Gasteiger charge is 1.91. The summed E-state index contributed by atoms with van der Waals surface area (Å²) in [7, 11) is 1.59. The van der Waals surface area contributed by atoms with Gasteiger partial charge in [0, 0.05) is 11.9 Å². The number of pyridine rings is 1. The van der Waals surface area contributed by atoms with E-state index in [1.807, 2.05) is 24.3 Å². The van der Waals surface area contributed by atoms with E-state index in [2.05, 4.69) is 4.98 Å². The van der Waals surface area contributed by atoms with Crippen LogP contribution in [0.2, 0.25) is 0 Å². The van der Waals surface area contributed by atoms with Gasteiger partial charge in [0.05, 0.1) is 12.8 Å². The van der Waals surface area contributed by atoms with Crippen LogP contribution in [0.1, 0.15) is 5.69 Å². The molecule has 1 rings (SSSR count). The number of alkyl halides is 1. The largest absolute Gasteiger partial charge is 0.481 e. The third-order valence-electron chi connectivity index (χ3n) is 1.33. The minimum atomic E-state index is 0.499. The number of halogens is 1. The van der Waals surface area contributed by atoms with Crippen molar-refractivity contribution in [3.63, 3.8) is 0 Å². The minimum Gasteiger partial charge on any atom is -0.481 e. The summed E-state index contributed by atoms with van der Waals surface area (Å²) in [6.45, 7) is 0. The first-order chi connectivity index (χ1) is 5.86. The Morgan fingerprint density at radius 3 is 3.08 bits per heavy atom. The maximum atomic E-state index is 5.48. The summed E-state index contributed by atoms with van der Waals surface area (Å²) < 4.78 is 4.96. The average molecular weight is 184 g/mol. The van der Waals surface area contributed by atoms with Crippen molar-refractivity contribution in [3.05, 3.63) is 30.0 Å². The summed E-state index contributed by atoms with van der Waals surface area (Å²) in [6, 6.07) is 5.59. The molecule has 1 heterocycles. The van der Waals surface area contributed by atoms with Crippen molar-refractivity contribution in [1.29, 1.82) is 0 Å². The predicted octanol–water partition coefficient (Wildman–Crippen LogP) is 2.34. The van der Waals surface area contributed by atoms with Gasteiger partial charge in [0.15, 0.2) is 0 Å². The first-order valence-corrected chi connectivity index (χ1v) is 4.14. The first-order valence-electron chi connectivity index (χ1n) is 3.60. The van der Waals surface area contributed by atoms with Crippen LogP contribution in [-0.2, 0) is 0 Å². The number of nitrogens with zero attached hydrogens (tertiary/aromatic N) is 1. The van der Waals surface area contributed by atoms with Crippen molar-refractivity contribution in [2.24, 2.45) is 0 Å². The highest BCUT2D eigenvalue weighted by atomic mass is 35.5. The van der Waals surface area contributed by atoms with Gasteiger partial charge in [0.25, 0.3) is 0 Å². The normalized spacial score (nSPS) is 10.5. The maximum Gasteiger partial charge on any atom is 0.213 e. The van der Waals surface area contributed by atoms with Crippen molar-refractivity contribution >= 4 is 17.7 Å². The average Bonchev–Trinajstić information content (AvgIpc) is 2.15. The summed E-state index contributed by atoms with van der Waals surface area (Å²) in [4.78, 5) is 4.16. The van der Waals surface area contributed by atoms with Gasteiger partial charge in [0.2, 0.25) is 5.88 Å². The molecule has 12 heavy (non-hydrogen) atoms. The lowest BCUT2D eigenvalue weighted by Crippen LogP contribution is -1.88. The van der Waals surface area contributed by atoms with Crippen LogP contribution in [0, 0.1) is 0 Å². The van der Waals surface area contributed by atoms with Crippen molar-refractivity contribution in [2.75, 3.05) is 13.0 Å². The molecule has 0 amide bonds. The molecule has 0 aliphatic carbocycles. The third-order valence-corrected chi connectivity index (χ3v) is 1.51. The fourth-order valence-corrected chi connectivity index (χ4v) is 0.892. The SMILES string of the molecule is COc1cccc(C=CCCl)n1. The number of methoxy groups -OCH3 is 1. The zero-order valence-electron chi connectivity index (χ0n) is 6.83. The Morgan fingerprint density at radius 1 is 1.58 bits per heavy atom. The molecule has 0 aliphatic heterocycles. The zero-order chi connectivity index (χ0) is 8.81. The van der Waals surface area contributed by atoms with E-state index in [1.54, 1.807) is 13.2 Å². The van der Waals surface area contributed by atoms with Crippen LogP contribution in [0.15, 0.2) is 24.3 Å². The van der Waals surface area contributed by atoms with Gasteiger partial charge in [-0.25, -0.2) is 4.98 Å². The van der Waals surface area contributed by atoms with Gasteiger partial charge in [-0.3, -0.25) is 0 Å². The molecule has 1 aromatic heterocycles. The van der Waals surface area contributed by atoms with E-state index in [4.69, 9.17) is 16.3 Å². The second-order valence-electron chi connectivity index (χ2n) is 2.16. The molecular weight excluding hydrogens is 174 g/mol. The van der Waals surface area contributed by atoms with Gasteiger partial charge in [-0.05, 0) is 12.1 Å². The van der Waals surface area contributed by atoms with Gasteiger partial charge in [-0.1, -0.05) is 12.1 Å². The van der Waals surface area contributed by atoms with Crippen LogP contribution in [0.5, 0.6) is 5.88 Å². The molecule has 0 saturated carbocycles. The molecule has 0 fully saturated rings. The van der Waals surface area contributed by atoms with E-state index < -0.39 is 0 Å². The molecule has 64 valence electrons. The molecule has 3 heteroatoms. The summed E-state index contributed by atoms with van der Waals surface area (Å²) in [5, 5.41) is 0. The molecule has 0 aromatic carbocycles. The molecular formula is C9H10ClNO. The van der Waals surface area contributed by atoms with Gasteiger partial charge in [-0.2, -0.15) is 0 Å². The van der Waals surface area contributed by atoms with Crippen LogP contribution in [0.4, 0.5) is 0 Å². The predicted molar refractivity (Wildman–Crippen MR) is 50.5 cm³/mol. The van der Waals surface area contributed by atoms with Gasteiger partial charge < -0.3 is 4.74 Å². The summed E-state index contributed by atoms with van der Waals surface area (Å²) >= 11 is 5.48. The number of ether oxygens (including phenoxy) is 1. The van der Waals surface area contributed by atoms with E-state index in [9.17, 15) is 0 Å². The Morgan fingerprint density at radius 2 is 2.42 bits per heavy atom. The quantitative estimate of drug-likeness (QED) is 0.672. The van der Waals surface area contributed by atoms with Crippen molar-refractivity contribution in [3.8, 4) is 5.88 Å². The minimum absolute atomic E-state index is 0.499. The van der Waals surface area contributed by atoms with E-state index in [1.165, 1.54) is 0 Å². The van der Waals surface area contributed by atoms with Crippen LogP contribution in [0.25, 0.3) is 6.08 Å². The smallest absolute Gasteiger partial charge is 0.213 e. The molecule has 0 spiro atoms. The van der Waals surface area contributed by atoms with E-state index in [-0.39, 0.29) is 0 Å². The van der Waals surface area contributed by atoms with Crippen LogP contribution < -0.4 is 4.74 Å². The lowest BCUT2D eigenvalue weighted by molar-refractivity contribution is 0.397. The number of hydrogen-bond donors (Lipinski definition) is 0. The molecule has 0 bridgehead atoms. The van der Waals surface area contributed by atoms with E-state index in [0.717, 1.165) is 5.69 Å². The second-order valence-corrected chi connectivity index (χ2v) is 2.47. The number of aromatic nitrogens is 1. The Bertz CT molecular complexity index is 273. The molecule has 0 saturated heterocycles. The van der Waals surface area contributed by atoms with E-state index >= 15 is 0 Å². The second kappa shape index (κ2) is 4.78. The molecule has 0 aliphatic rings. The fraction of sp³-hybridized carbons (Fsp3) is 0.222. The first kappa shape index (κ1) is 9.07. The van der Waals surface area contributed by atoms with Crippen molar-refractivity contribution in [1.82, 2.24) is 4.98 Å². The third kappa shape index (κ3) is 2.55. The molecule has 2 nitrogen and oxygen atoms in total. The Labute approximate surface area is 76.8 Å². The molecule has 0 radical (unpaired) electrons. The summed E-state index contributed by atoms with van der Waals surface area (Å²) in [5.41, 5.74) is 0.856. The van der Waals surface area contributed by atoms with Crippen LogP contribution in [0.3, 0.4) is 0 Å². The van der Waals surface area contributed by atoms with Gasteiger partial charge in [0.1, 0.15) is 0 Å². The van der Waals surface area contributed by atoms with Gasteiger partial charge >= 0.3 is 0 Å². The monoisotopic (exact) mass is 183 g/mol. The number of allylic oxidation sites excluding steroid dienone is 1. The lowest BCUT2D eigenvalue weighted by atomic mass is 10.3. The standard InChI is InChI=1S/C9H10ClNO/c1-12-9-6-2-4-8(11-9)5-3-7-10/h2-6H,7H2,1H3. The highest BCUT2D eigenvalue weighted by Crippen LogP contribution is 2.07. The van der Waals surface area contributed by atoms with Gasteiger partial charge in [-0.15, -0.1) is 11.6 Å². The number of rotatable bonds is 3. The lowest BCUT2D eigenvalue weighted by Gasteiger charge is -1.97. The summed E-state index contributed by atoms with van der Waals surface area (Å²) in [5.74, 6) is 1.12. The van der Waals surface area contributed by atoms with Crippen molar-refractivity contribution < 1.29 is 4.74 Å². The zero-order valence-corrected chi connectivity index (χ0v) is 7.58. The topological polar surface area (TPSA) is 22.1 Å². The molecule has 0 unspecified atom stereocenters. The fourth-order valence-electron chi connectivity index (χ4n) is 0.803. The van der Waals surface area contributed by atoms with E-state index in [0.29, 0.717) is 11.8 Å². The maximum absolute atomic E-state index is 5.48. The van der Waals surface area contributed by atoms with Crippen molar-refractivity contribution in [2.45, 2.75) is 0 Å². The van der Waals surface area contributed by atoms with Crippen LogP contribution >= 0.6 is 11.6 Å². The molecule has 0 N–H and O–H groups in total. The Hall–Kier alpha value is -1.02. The molecule has 1 aromatic rings. The van der Waals surface area contributed by atoms with Crippen LogP contribution in [-0.4, -0.2) is 18.0 Å². The highest BCUT2D eigenvalue weighted by molar-refractivity contribution is 6.19.